The highest BCUT2D eigenvalue weighted by molar-refractivity contribution is 5.79. The highest BCUT2D eigenvalue weighted by Crippen LogP contribution is 2.20. The first-order valence-electron chi connectivity index (χ1n) is 8.30. The summed E-state index contributed by atoms with van der Waals surface area (Å²) in [6.07, 6.45) is -0.0769. The monoisotopic (exact) mass is 366 g/mol. The number of amides is 1. The molecule has 0 aliphatic carbocycles. The molecule has 3 aromatic rings. The molecule has 1 aromatic heterocycles. The normalized spacial score (nSPS) is 10.6. The minimum absolute atomic E-state index is 0.0706. The minimum atomic E-state index is -0.491. The first-order chi connectivity index (χ1) is 12.9. The molecule has 1 heterocycles. The number of hydrogen-bond acceptors (Lipinski definition) is 6. The lowest BCUT2D eigenvalue weighted by Crippen LogP contribution is -2.28. The molecule has 0 fully saturated rings. The number of para-hydroxylation sites is 1. The lowest BCUT2D eigenvalue weighted by Gasteiger charge is -2.14. The van der Waals surface area contributed by atoms with Crippen molar-refractivity contribution in [3.05, 3.63) is 75.7 Å². The molecule has 0 radical (unpaired) electrons. The van der Waals surface area contributed by atoms with Crippen molar-refractivity contribution in [3.63, 3.8) is 0 Å². The van der Waals surface area contributed by atoms with Crippen molar-refractivity contribution in [2.24, 2.45) is 0 Å². The zero-order valence-corrected chi connectivity index (χ0v) is 15.0. The van der Waals surface area contributed by atoms with Crippen LogP contribution in [0.15, 0.2) is 53.1 Å². The summed E-state index contributed by atoms with van der Waals surface area (Å²) in [5.74, 6) is 0.470. The van der Waals surface area contributed by atoms with Gasteiger partial charge in [0.05, 0.1) is 17.9 Å². The number of nitro benzene ring substituents is 1. The van der Waals surface area contributed by atoms with Crippen LogP contribution in [0.4, 0.5) is 5.69 Å². The van der Waals surface area contributed by atoms with Gasteiger partial charge in [-0.05, 0) is 13.0 Å². The molecule has 0 bridgehead atoms. The molecule has 0 unspecified atom stereocenters. The Morgan fingerprint density at radius 2 is 2.00 bits per heavy atom. The van der Waals surface area contributed by atoms with Gasteiger partial charge in [-0.1, -0.05) is 47.1 Å². The summed E-state index contributed by atoms with van der Waals surface area (Å²) in [5.41, 5.74) is 2.21. The molecule has 2 aromatic carbocycles. The van der Waals surface area contributed by atoms with E-state index in [9.17, 15) is 14.9 Å². The fourth-order valence-corrected chi connectivity index (χ4v) is 2.65. The quantitative estimate of drug-likeness (QED) is 0.490. The van der Waals surface area contributed by atoms with E-state index in [1.807, 2.05) is 31.2 Å². The maximum Gasteiger partial charge on any atom is 0.273 e. The first-order valence-corrected chi connectivity index (χ1v) is 8.30. The summed E-state index contributed by atoms with van der Waals surface area (Å²) in [6.45, 7) is 2.10. The molecule has 1 amide bonds. The molecule has 0 spiro atoms. The van der Waals surface area contributed by atoms with Crippen molar-refractivity contribution in [2.45, 2.75) is 19.9 Å². The van der Waals surface area contributed by atoms with E-state index < -0.39 is 4.92 Å². The van der Waals surface area contributed by atoms with E-state index in [1.54, 1.807) is 25.2 Å². The Bertz CT molecular complexity index is 983. The van der Waals surface area contributed by atoms with Gasteiger partial charge in [0.25, 0.3) is 5.69 Å². The molecule has 0 aliphatic rings. The summed E-state index contributed by atoms with van der Waals surface area (Å²) < 4.78 is 5.23. The van der Waals surface area contributed by atoms with E-state index in [-0.39, 0.29) is 24.6 Å². The largest absolute Gasteiger partial charge is 0.337 e. The Balaban J connectivity index is 1.68. The average molecular weight is 366 g/mol. The molecule has 8 heteroatoms. The predicted molar refractivity (Wildman–Crippen MR) is 97.7 cm³/mol. The lowest BCUT2D eigenvalue weighted by molar-refractivity contribution is -0.385. The summed E-state index contributed by atoms with van der Waals surface area (Å²) in [4.78, 5) is 28.7. The summed E-state index contributed by atoms with van der Waals surface area (Å²) >= 11 is 0. The second-order valence-electron chi connectivity index (χ2n) is 6.19. The van der Waals surface area contributed by atoms with Gasteiger partial charge in [-0.2, -0.15) is 4.98 Å². The van der Waals surface area contributed by atoms with Gasteiger partial charge < -0.3 is 9.42 Å². The van der Waals surface area contributed by atoms with Crippen molar-refractivity contribution in [3.8, 4) is 11.4 Å². The number of likely N-dealkylation sites (N-methyl/N-ethyl adjacent to an activating group) is 1. The van der Waals surface area contributed by atoms with E-state index in [0.29, 0.717) is 17.3 Å². The highest BCUT2D eigenvalue weighted by Gasteiger charge is 2.19. The van der Waals surface area contributed by atoms with Crippen molar-refractivity contribution in [1.82, 2.24) is 15.0 Å². The third-order valence-electron chi connectivity index (χ3n) is 4.07. The molecule has 27 heavy (non-hydrogen) atoms. The fourth-order valence-electron chi connectivity index (χ4n) is 2.65. The SMILES string of the molecule is Cc1cccc(-c2noc(CN(C)C(=O)Cc3ccccc3[N+](=O)[O-])n2)c1. The van der Waals surface area contributed by atoms with E-state index in [4.69, 9.17) is 4.52 Å². The third-order valence-corrected chi connectivity index (χ3v) is 4.07. The van der Waals surface area contributed by atoms with E-state index in [1.165, 1.54) is 11.0 Å². The number of aromatic nitrogens is 2. The molecule has 0 saturated carbocycles. The molecule has 0 saturated heterocycles. The van der Waals surface area contributed by atoms with Crippen LogP contribution >= 0.6 is 0 Å². The lowest BCUT2D eigenvalue weighted by atomic mass is 10.1. The third kappa shape index (κ3) is 4.35. The minimum Gasteiger partial charge on any atom is -0.337 e. The zero-order chi connectivity index (χ0) is 19.4. The molecule has 8 nitrogen and oxygen atoms in total. The van der Waals surface area contributed by atoms with Crippen LogP contribution in [0.25, 0.3) is 11.4 Å². The number of nitrogens with zero attached hydrogens (tertiary/aromatic N) is 4. The van der Waals surface area contributed by atoms with Crippen LogP contribution in [0.1, 0.15) is 17.0 Å². The molecule has 0 aliphatic heterocycles. The van der Waals surface area contributed by atoms with Crippen LogP contribution in [0, 0.1) is 17.0 Å². The van der Waals surface area contributed by atoms with Crippen LogP contribution in [0.5, 0.6) is 0 Å². The van der Waals surface area contributed by atoms with Crippen LogP contribution in [0.2, 0.25) is 0 Å². The van der Waals surface area contributed by atoms with Gasteiger partial charge in [0.15, 0.2) is 0 Å². The summed E-state index contributed by atoms with van der Waals surface area (Å²) in [5, 5.41) is 15.0. The average Bonchev–Trinajstić information content (AvgIpc) is 3.10. The number of aryl methyl sites for hydroxylation is 1. The number of carbonyl (C=O) groups is 1. The molecule has 0 atom stereocenters. The van der Waals surface area contributed by atoms with Gasteiger partial charge in [-0.15, -0.1) is 0 Å². The van der Waals surface area contributed by atoms with Crippen molar-refractivity contribution in [1.29, 1.82) is 0 Å². The van der Waals surface area contributed by atoms with Gasteiger partial charge in [0.2, 0.25) is 17.6 Å². The summed E-state index contributed by atoms with van der Waals surface area (Å²) in [6, 6.07) is 13.9. The van der Waals surface area contributed by atoms with E-state index >= 15 is 0 Å². The van der Waals surface area contributed by atoms with Crippen LogP contribution < -0.4 is 0 Å². The Hall–Kier alpha value is -3.55. The molecular weight excluding hydrogens is 348 g/mol. The number of rotatable bonds is 6. The zero-order valence-electron chi connectivity index (χ0n) is 15.0. The Labute approximate surface area is 155 Å². The topological polar surface area (TPSA) is 102 Å². The second kappa shape index (κ2) is 7.77. The van der Waals surface area contributed by atoms with Gasteiger partial charge in [0, 0.05) is 24.2 Å². The van der Waals surface area contributed by atoms with Gasteiger partial charge >= 0.3 is 0 Å². The Morgan fingerprint density at radius 3 is 2.74 bits per heavy atom. The summed E-state index contributed by atoms with van der Waals surface area (Å²) in [7, 11) is 1.59. The fraction of sp³-hybridized carbons (Fsp3) is 0.211. The van der Waals surface area contributed by atoms with Crippen molar-refractivity contribution in [2.75, 3.05) is 7.05 Å². The smallest absolute Gasteiger partial charge is 0.273 e. The van der Waals surface area contributed by atoms with Gasteiger partial charge in [0.1, 0.15) is 0 Å². The molecule has 3 rings (SSSR count). The number of benzene rings is 2. The molecule has 0 N–H and O–H groups in total. The standard InChI is InChI=1S/C19H18N4O4/c1-13-6-5-8-15(10-13)19-20-17(27-21-19)12-22(2)18(24)11-14-7-3-4-9-16(14)23(25)26/h3-10H,11-12H2,1-2H3. The molecular formula is C19H18N4O4. The van der Waals surface area contributed by atoms with Crippen LogP contribution in [-0.2, 0) is 17.8 Å². The maximum atomic E-state index is 12.4. The maximum absolute atomic E-state index is 12.4. The number of nitro groups is 1. The highest BCUT2D eigenvalue weighted by atomic mass is 16.6. The molecule has 138 valence electrons. The Morgan fingerprint density at radius 1 is 1.22 bits per heavy atom. The van der Waals surface area contributed by atoms with Crippen molar-refractivity contribution < 1.29 is 14.2 Å². The van der Waals surface area contributed by atoms with E-state index in [2.05, 4.69) is 10.1 Å². The number of carbonyl (C=O) groups excluding carboxylic acids is 1. The van der Waals surface area contributed by atoms with E-state index in [0.717, 1.165) is 11.1 Å². The number of hydrogen-bond donors (Lipinski definition) is 0. The van der Waals surface area contributed by atoms with Gasteiger partial charge in [-0.3, -0.25) is 14.9 Å². The van der Waals surface area contributed by atoms with Crippen LogP contribution in [0.3, 0.4) is 0 Å². The van der Waals surface area contributed by atoms with Crippen LogP contribution in [-0.4, -0.2) is 32.9 Å². The predicted octanol–water partition coefficient (Wildman–Crippen LogP) is 3.15. The van der Waals surface area contributed by atoms with Gasteiger partial charge in [-0.25, -0.2) is 0 Å². The second-order valence-corrected chi connectivity index (χ2v) is 6.19. The first kappa shape index (κ1) is 18.2. The Kier molecular flexibility index (Phi) is 5.25. The van der Waals surface area contributed by atoms with Crippen molar-refractivity contribution >= 4 is 11.6 Å².